The summed E-state index contributed by atoms with van der Waals surface area (Å²) in [5, 5.41) is 0.542. The Balaban J connectivity index is 2.28. The van der Waals surface area contributed by atoms with Gasteiger partial charge in [0.15, 0.2) is 0 Å². The number of sulfonamides is 1. The molecule has 1 amide bonds. The number of aryl methyl sites for hydroxylation is 1. The van der Waals surface area contributed by atoms with E-state index in [1.54, 1.807) is 11.8 Å². The molecule has 0 aromatic heterocycles. The summed E-state index contributed by atoms with van der Waals surface area (Å²) >= 11 is 12.0. The lowest BCUT2D eigenvalue weighted by atomic mass is 10.2. The summed E-state index contributed by atoms with van der Waals surface area (Å²) in [4.78, 5) is 13.0. The fourth-order valence-electron chi connectivity index (χ4n) is 2.21. The Labute approximate surface area is 134 Å². The van der Waals surface area contributed by atoms with Crippen molar-refractivity contribution in [2.45, 2.75) is 18.7 Å². The summed E-state index contributed by atoms with van der Waals surface area (Å²) in [6.07, 6.45) is 0. The van der Waals surface area contributed by atoms with Gasteiger partial charge in [0.2, 0.25) is 15.9 Å². The minimum Gasteiger partial charge on any atom is -0.340 e. The summed E-state index contributed by atoms with van der Waals surface area (Å²) in [5.74, 6) is -0.0487. The lowest BCUT2D eigenvalue weighted by Gasteiger charge is -2.33. The lowest BCUT2D eigenvalue weighted by molar-refractivity contribution is -0.129. The Morgan fingerprint density at radius 2 is 1.67 bits per heavy atom. The maximum Gasteiger partial charge on any atom is 0.244 e. The number of hydrogen-bond donors (Lipinski definition) is 0. The Hall–Kier alpha value is -0.820. The van der Waals surface area contributed by atoms with Crippen molar-refractivity contribution in [3.05, 3.63) is 27.7 Å². The number of nitrogens with zero attached hydrogens (tertiary/aromatic N) is 2. The molecule has 21 heavy (non-hydrogen) atoms. The van der Waals surface area contributed by atoms with E-state index >= 15 is 0 Å². The van der Waals surface area contributed by atoms with Crippen molar-refractivity contribution in [2.24, 2.45) is 0 Å². The highest BCUT2D eigenvalue weighted by Crippen LogP contribution is 2.30. The van der Waals surface area contributed by atoms with E-state index in [0.717, 1.165) is 0 Å². The fourth-order valence-corrected chi connectivity index (χ4v) is 4.44. The molecule has 116 valence electrons. The molecule has 1 aromatic carbocycles. The third-order valence-electron chi connectivity index (χ3n) is 3.51. The average Bonchev–Trinajstić information content (AvgIpc) is 2.42. The van der Waals surface area contributed by atoms with E-state index in [4.69, 9.17) is 23.2 Å². The maximum absolute atomic E-state index is 12.6. The molecular weight excluding hydrogens is 335 g/mol. The third kappa shape index (κ3) is 3.34. The molecule has 0 spiro atoms. The van der Waals surface area contributed by atoms with Crippen LogP contribution in [0.4, 0.5) is 0 Å². The van der Waals surface area contributed by atoms with Gasteiger partial charge in [-0.3, -0.25) is 4.79 Å². The Bertz CT molecular complexity index is 668. The number of carbonyl (C=O) groups is 1. The zero-order chi connectivity index (χ0) is 15.8. The van der Waals surface area contributed by atoms with E-state index < -0.39 is 10.0 Å². The van der Waals surface area contributed by atoms with Gasteiger partial charge in [0.1, 0.15) is 4.90 Å². The van der Waals surface area contributed by atoms with Gasteiger partial charge >= 0.3 is 0 Å². The van der Waals surface area contributed by atoms with Crippen molar-refractivity contribution >= 4 is 39.1 Å². The number of rotatable bonds is 2. The second-order valence-corrected chi connectivity index (χ2v) is 7.66. The molecule has 1 heterocycles. The first-order valence-electron chi connectivity index (χ1n) is 6.45. The molecule has 0 N–H and O–H groups in total. The Morgan fingerprint density at radius 3 is 2.19 bits per heavy atom. The smallest absolute Gasteiger partial charge is 0.244 e. The van der Waals surface area contributed by atoms with Crippen molar-refractivity contribution in [3.8, 4) is 0 Å². The summed E-state index contributed by atoms with van der Waals surface area (Å²) in [6.45, 7) is 4.51. The molecule has 1 fully saturated rings. The second kappa shape index (κ2) is 6.12. The van der Waals surface area contributed by atoms with E-state index in [2.05, 4.69) is 0 Å². The third-order valence-corrected chi connectivity index (χ3v) is 6.29. The van der Waals surface area contributed by atoms with E-state index in [1.807, 2.05) is 0 Å². The molecule has 1 aromatic rings. The van der Waals surface area contributed by atoms with Crippen molar-refractivity contribution in [1.82, 2.24) is 9.21 Å². The van der Waals surface area contributed by atoms with Gasteiger partial charge in [0.05, 0.1) is 5.02 Å². The van der Waals surface area contributed by atoms with Crippen molar-refractivity contribution in [1.29, 1.82) is 0 Å². The van der Waals surface area contributed by atoms with Crippen LogP contribution in [0.5, 0.6) is 0 Å². The zero-order valence-electron chi connectivity index (χ0n) is 11.8. The summed E-state index contributed by atoms with van der Waals surface area (Å²) in [5.41, 5.74) is 0.655. The quantitative estimate of drug-likeness (QED) is 0.821. The van der Waals surface area contributed by atoms with Gasteiger partial charge in [-0.15, -0.1) is 0 Å². The van der Waals surface area contributed by atoms with Crippen LogP contribution in [0.2, 0.25) is 10.0 Å². The first kappa shape index (κ1) is 16.5. The Kier molecular flexibility index (Phi) is 4.82. The molecule has 1 aliphatic rings. The molecule has 0 atom stereocenters. The van der Waals surface area contributed by atoms with Gasteiger partial charge in [-0.05, 0) is 24.6 Å². The molecule has 0 aliphatic carbocycles. The van der Waals surface area contributed by atoms with Gasteiger partial charge in [-0.25, -0.2) is 8.42 Å². The molecule has 0 bridgehead atoms. The fraction of sp³-hybridized carbons (Fsp3) is 0.462. The van der Waals surface area contributed by atoms with Crippen LogP contribution in [0.3, 0.4) is 0 Å². The van der Waals surface area contributed by atoms with Crippen LogP contribution in [-0.4, -0.2) is 49.7 Å². The number of hydrogen-bond acceptors (Lipinski definition) is 3. The predicted molar refractivity (Wildman–Crippen MR) is 82.2 cm³/mol. The first-order valence-corrected chi connectivity index (χ1v) is 8.64. The predicted octanol–water partition coefficient (Wildman–Crippen LogP) is 2.15. The average molecular weight is 351 g/mol. The van der Waals surface area contributed by atoms with Gasteiger partial charge in [-0.1, -0.05) is 23.2 Å². The highest BCUT2D eigenvalue weighted by molar-refractivity contribution is 7.89. The Morgan fingerprint density at radius 1 is 1.10 bits per heavy atom. The standard InChI is InChI=1S/C13H16Cl2N2O3S/c1-9-7-13(12(15)8-11(9)14)21(19,20)17-5-3-16(4-6-17)10(2)18/h7-8H,3-6H2,1-2H3. The first-order chi connectivity index (χ1) is 9.73. The minimum absolute atomic E-state index is 0.0487. The molecule has 0 unspecified atom stereocenters. The van der Waals surface area contributed by atoms with E-state index in [9.17, 15) is 13.2 Å². The van der Waals surface area contributed by atoms with Crippen molar-refractivity contribution < 1.29 is 13.2 Å². The molecule has 5 nitrogen and oxygen atoms in total. The lowest BCUT2D eigenvalue weighted by Crippen LogP contribution is -2.49. The van der Waals surface area contributed by atoms with Gasteiger partial charge in [0, 0.05) is 38.1 Å². The molecule has 2 rings (SSSR count). The van der Waals surface area contributed by atoms with Crippen LogP contribution in [0.1, 0.15) is 12.5 Å². The maximum atomic E-state index is 12.6. The topological polar surface area (TPSA) is 57.7 Å². The molecule has 0 radical (unpaired) electrons. The SMILES string of the molecule is CC(=O)N1CCN(S(=O)(=O)c2cc(C)c(Cl)cc2Cl)CC1. The van der Waals surface area contributed by atoms with Crippen LogP contribution >= 0.6 is 23.2 Å². The van der Waals surface area contributed by atoms with E-state index in [0.29, 0.717) is 23.7 Å². The number of benzene rings is 1. The number of halogens is 2. The van der Waals surface area contributed by atoms with Crippen LogP contribution in [0.25, 0.3) is 0 Å². The summed E-state index contributed by atoms with van der Waals surface area (Å²) < 4.78 is 26.6. The van der Waals surface area contributed by atoms with Gasteiger partial charge in [-0.2, -0.15) is 4.31 Å². The monoisotopic (exact) mass is 350 g/mol. The second-order valence-electron chi connectivity index (χ2n) is 4.94. The van der Waals surface area contributed by atoms with E-state index in [-0.39, 0.29) is 28.9 Å². The summed E-state index contributed by atoms with van der Waals surface area (Å²) in [7, 11) is -3.68. The number of piperazine rings is 1. The normalized spacial score (nSPS) is 17.0. The molecule has 8 heteroatoms. The number of carbonyl (C=O) groups excluding carboxylic acids is 1. The molecule has 1 saturated heterocycles. The zero-order valence-corrected chi connectivity index (χ0v) is 14.1. The van der Waals surface area contributed by atoms with Gasteiger partial charge in [0.25, 0.3) is 0 Å². The molecule has 0 saturated carbocycles. The van der Waals surface area contributed by atoms with Gasteiger partial charge < -0.3 is 4.90 Å². The summed E-state index contributed by atoms with van der Waals surface area (Å²) in [6, 6.07) is 2.93. The molecular formula is C13H16Cl2N2O3S. The van der Waals surface area contributed by atoms with E-state index in [1.165, 1.54) is 23.4 Å². The van der Waals surface area contributed by atoms with Crippen LogP contribution in [0.15, 0.2) is 17.0 Å². The number of amides is 1. The van der Waals surface area contributed by atoms with Crippen molar-refractivity contribution in [2.75, 3.05) is 26.2 Å². The highest BCUT2D eigenvalue weighted by atomic mass is 35.5. The largest absolute Gasteiger partial charge is 0.340 e. The highest BCUT2D eigenvalue weighted by Gasteiger charge is 2.31. The minimum atomic E-state index is -3.68. The van der Waals surface area contributed by atoms with Crippen LogP contribution < -0.4 is 0 Å². The van der Waals surface area contributed by atoms with Crippen LogP contribution in [-0.2, 0) is 14.8 Å². The molecule has 1 aliphatic heterocycles. The van der Waals surface area contributed by atoms with Crippen LogP contribution in [0, 0.1) is 6.92 Å². The van der Waals surface area contributed by atoms with Crippen molar-refractivity contribution in [3.63, 3.8) is 0 Å².